The van der Waals surface area contributed by atoms with Gasteiger partial charge in [0.2, 0.25) is 11.8 Å². The molecule has 4 aliphatic carbocycles. The van der Waals surface area contributed by atoms with Gasteiger partial charge < -0.3 is 10.2 Å². The lowest BCUT2D eigenvalue weighted by Crippen LogP contribution is -2.54. The van der Waals surface area contributed by atoms with Gasteiger partial charge in [0, 0.05) is 5.57 Å². The van der Waals surface area contributed by atoms with E-state index in [4.69, 9.17) is 11.6 Å². The van der Waals surface area contributed by atoms with Crippen LogP contribution in [0.5, 0.6) is 0 Å². The lowest BCUT2D eigenvalue weighted by atomic mass is 9.63. The fourth-order valence-electron chi connectivity index (χ4n) is 9.91. The number of piperidine rings is 1. The number of imide groups is 1. The van der Waals surface area contributed by atoms with E-state index in [1.54, 1.807) is 20.8 Å². The van der Waals surface area contributed by atoms with Crippen LogP contribution in [-0.2, 0) is 33.6 Å². The minimum atomic E-state index is -2.52. The van der Waals surface area contributed by atoms with E-state index in [1.807, 2.05) is 6.92 Å². The summed E-state index contributed by atoms with van der Waals surface area (Å²) in [4.78, 5) is 97.7. The Morgan fingerprint density at radius 2 is 1.69 bits per heavy atom. The van der Waals surface area contributed by atoms with Gasteiger partial charge in [-0.3, -0.25) is 38.9 Å². The van der Waals surface area contributed by atoms with Crippen LogP contribution in [0.1, 0.15) is 79.1 Å². The van der Waals surface area contributed by atoms with Crippen molar-refractivity contribution in [3.63, 3.8) is 0 Å². The van der Waals surface area contributed by atoms with Crippen LogP contribution in [0, 0.1) is 45.8 Å². The Kier molecular flexibility index (Phi) is 8.27. The summed E-state index contributed by atoms with van der Waals surface area (Å²) in [5, 5.41) is 23.8. The lowest BCUT2D eigenvalue weighted by Gasteiger charge is -2.39. The Hall–Kier alpha value is -3.24. The van der Waals surface area contributed by atoms with Gasteiger partial charge in [0.05, 0.1) is 22.3 Å². The molecule has 11 heteroatoms. The van der Waals surface area contributed by atoms with E-state index in [9.17, 15) is 39.0 Å². The number of halogens is 1. The number of carbonyl (C=O) groups excluding carboxylic acids is 6. The SMILES string of the molecule is C/C=C/C(=O)[C@@]1(O)C[C@@H]2C[C@H](C(=O)O)C[C@H](C)[C@H]2[C@@H]1C(=O)[C@]12C(=O)NC(=O)[C@]1(CCCCCC)[C@]21C(=O)C(Cl)=C(/C=C/C)C1=O. The first kappa shape index (κ1) is 33.1. The Morgan fingerprint density at radius 1 is 1.00 bits per heavy atom. The number of hydrogen-bond acceptors (Lipinski definition) is 8. The smallest absolute Gasteiger partial charge is 0.306 e. The van der Waals surface area contributed by atoms with Gasteiger partial charge in [0.1, 0.15) is 16.4 Å². The molecule has 0 bridgehead atoms. The number of carbonyl (C=O) groups is 7. The van der Waals surface area contributed by atoms with Gasteiger partial charge >= 0.3 is 5.97 Å². The topological polar surface area (TPSA) is 172 Å². The van der Waals surface area contributed by atoms with E-state index < -0.39 is 97.4 Å². The third-order valence-electron chi connectivity index (χ3n) is 11.5. The third-order valence-corrected chi connectivity index (χ3v) is 11.9. The molecule has 1 heterocycles. The molecule has 242 valence electrons. The van der Waals surface area contributed by atoms with E-state index in [0.29, 0.717) is 12.8 Å². The van der Waals surface area contributed by atoms with Gasteiger partial charge in [0.15, 0.2) is 23.1 Å². The first-order valence-corrected chi connectivity index (χ1v) is 16.2. The van der Waals surface area contributed by atoms with Crippen molar-refractivity contribution in [2.24, 2.45) is 45.8 Å². The Labute approximate surface area is 266 Å². The zero-order valence-electron chi connectivity index (χ0n) is 26.0. The number of unbranched alkanes of at least 4 members (excludes halogenated alkanes) is 3. The molecule has 0 unspecified atom stereocenters. The summed E-state index contributed by atoms with van der Waals surface area (Å²) in [7, 11) is 0. The molecule has 0 aromatic heterocycles. The molecule has 3 saturated carbocycles. The summed E-state index contributed by atoms with van der Waals surface area (Å²) in [6.07, 6.45) is 7.80. The predicted molar refractivity (Wildman–Crippen MR) is 161 cm³/mol. The standard InChI is InChI=1S/C34H40ClNO9/c1-5-8-9-10-13-32-29(43)36-30(44)34(32,33(32)25(38)20(11-6-2)24(35)27(33)40)26(39)23-22-17(4)14-18(28(41)42)15-19(22)16-31(23,45)21(37)12-7-3/h6-7,11-12,17-19,22-23,45H,5,8-10,13-16H2,1-4H3,(H,41,42)(H,36,43,44)/b11-6+,12-7+/t17-,18+,19-,22+,23+,31-,32+,33-,34-/m0/s1. The fraction of sp³-hybridized carbons (Fsp3) is 0.618. The van der Waals surface area contributed by atoms with Gasteiger partial charge in [-0.15, -0.1) is 0 Å². The van der Waals surface area contributed by atoms with E-state index in [0.717, 1.165) is 18.9 Å². The quantitative estimate of drug-likeness (QED) is 0.132. The van der Waals surface area contributed by atoms with Crippen LogP contribution >= 0.6 is 11.6 Å². The van der Waals surface area contributed by atoms with Crippen molar-refractivity contribution in [2.45, 2.75) is 84.7 Å². The second-order valence-electron chi connectivity index (χ2n) is 13.5. The molecule has 0 aromatic rings. The minimum absolute atomic E-state index is 0.0989. The number of hydrogen-bond donors (Lipinski definition) is 3. The molecule has 1 aliphatic heterocycles. The Morgan fingerprint density at radius 3 is 2.29 bits per heavy atom. The molecule has 5 rings (SSSR count). The maximum atomic E-state index is 15.4. The molecule has 3 N–H and O–H groups in total. The van der Waals surface area contributed by atoms with Gasteiger partial charge in [-0.25, -0.2) is 0 Å². The molecule has 2 amide bonds. The van der Waals surface area contributed by atoms with Crippen LogP contribution in [-0.4, -0.2) is 56.7 Å². The molecule has 45 heavy (non-hydrogen) atoms. The van der Waals surface area contributed by atoms with Gasteiger partial charge in [-0.05, 0) is 63.4 Å². The van der Waals surface area contributed by atoms with Gasteiger partial charge in [-0.1, -0.05) is 69.4 Å². The fourth-order valence-corrected chi connectivity index (χ4v) is 10.2. The zero-order valence-corrected chi connectivity index (χ0v) is 26.7. The van der Waals surface area contributed by atoms with Crippen LogP contribution < -0.4 is 5.32 Å². The van der Waals surface area contributed by atoms with Crippen LogP contribution in [0.25, 0.3) is 0 Å². The molecule has 0 radical (unpaired) electrons. The van der Waals surface area contributed by atoms with Crippen molar-refractivity contribution in [1.29, 1.82) is 0 Å². The van der Waals surface area contributed by atoms with Crippen molar-refractivity contribution < 1.29 is 43.8 Å². The minimum Gasteiger partial charge on any atom is -0.481 e. The first-order valence-electron chi connectivity index (χ1n) is 15.9. The number of Topliss-reactive ketones (excluding diaryl/α,β-unsaturated/α-hetero) is 3. The van der Waals surface area contributed by atoms with Crippen LogP contribution in [0.4, 0.5) is 0 Å². The highest BCUT2D eigenvalue weighted by Crippen LogP contribution is 2.87. The van der Waals surface area contributed by atoms with E-state index in [1.165, 1.54) is 18.2 Å². The molecule has 1 saturated heterocycles. The molecular formula is C34H40ClNO9. The van der Waals surface area contributed by atoms with Crippen LogP contribution in [0.2, 0.25) is 0 Å². The highest BCUT2D eigenvalue weighted by molar-refractivity contribution is 6.56. The van der Waals surface area contributed by atoms with Gasteiger partial charge in [-0.2, -0.15) is 0 Å². The summed E-state index contributed by atoms with van der Waals surface area (Å²) in [5.41, 5.74) is -9.58. The second-order valence-corrected chi connectivity index (χ2v) is 13.9. The maximum absolute atomic E-state index is 15.4. The molecule has 4 fully saturated rings. The largest absolute Gasteiger partial charge is 0.481 e. The summed E-state index contributed by atoms with van der Waals surface area (Å²) >= 11 is 6.47. The number of aliphatic carboxylic acids is 1. The number of allylic oxidation sites excluding steroid dienone is 5. The van der Waals surface area contributed by atoms with Crippen molar-refractivity contribution >= 4 is 52.5 Å². The summed E-state index contributed by atoms with van der Waals surface area (Å²) in [6.45, 7) is 6.89. The summed E-state index contributed by atoms with van der Waals surface area (Å²) in [6, 6.07) is 0. The number of rotatable bonds is 11. The highest BCUT2D eigenvalue weighted by atomic mass is 35.5. The second kappa shape index (κ2) is 11.2. The molecule has 1 spiro atoms. The van der Waals surface area contributed by atoms with E-state index in [2.05, 4.69) is 5.32 Å². The molecule has 10 nitrogen and oxygen atoms in total. The van der Waals surface area contributed by atoms with Crippen LogP contribution in [0.3, 0.4) is 0 Å². The Balaban J connectivity index is 1.74. The summed E-state index contributed by atoms with van der Waals surface area (Å²) in [5.74, 6) is -10.8. The monoisotopic (exact) mass is 641 g/mol. The first-order chi connectivity index (χ1) is 21.2. The normalized spacial score (nSPS) is 40.5. The lowest BCUT2D eigenvalue weighted by molar-refractivity contribution is -0.155. The Bertz CT molecular complexity index is 1510. The summed E-state index contributed by atoms with van der Waals surface area (Å²) < 4.78 is 0. The number of nitrogens with one attached hydrogen (secondary N) is 1. The van der Waals surface area contributed by atoms with Crippen molar-refractivity contribution in [3.05, 3.63) is 34.9 Å². The maximum Gasteiger partial charge on any atom is 0.306 e. The number of ketones is 4. The molecule has 0 aromatic carbocycles. The predicted octanol–water partition coefficient (Wildman–Crippen LogP) is 3.64. The number of fused-ring (bicyclic) bond motifs is 4. The van der Waals surface area contributed by atoms with E-state index >= 15 is 4.79 Å². The van der Waals surface area contributed by atoms with Crippen molar-refractivity contribution in [3.8, 4) is 0 Å². The van der Waals surface area contributed by atoms with Crippen LogP contribution in [0.15, 0.2) is 34.9 Å². The highest BCUT2D eigenvalue weighted by Gasteiger charge is 3.05. The third kappa shape index (κ3) is 3.87. The average molecular weight is 642 g/mol. The average Bonchev–Trinajstić information content (AvgIpc) is 3.19. The number of carboxylic acid groups (broad SMARTS) is 1. The van der Waals surface area contributed by atoms with E-state index in [-0.39, 0.29) is 31.3 Å². The number of aliphatic hydroxyl groups is 1. The number of carboxylic acids is 1. The zero-order chi connectivity index (χ0) is 33.3. The molecule has 5 aliphatic rings. The van der Waals surface area contributed by atoms with Gasteiger partial charge in [0.25, 0.3) is 0 Å². The number of amides is 2. The van der Waals surface area contributed by atoms with Crippen molar-refractivity contribution in [1.82, 2.24) is 5.32 Å². The molecular weight excluding hydrogens is 602 g/mol. The molecule has 9 atom stereocenters. The van der Waals surface area contributed by atoms with Crippen molar-refractivity contribution in [2.75, 3.05) is 0 Å².